The number of amides is 2. The first-order valence-corrected chi connectivity index (χ1v) is 10.2. The Morgan fingerprint density at radius 1 is 0.938 bits per heavy atom. The van der Waals surface area contributed by atoms with Gasteiger partial charge in [-0.05, 0) is 48.4 Å². The lowest BCUT2D eigenvalue weighted by atomic mass is 10.1. The predicted molar refractivity (Wildman–Crippen MR) is 143 cm³/mol. The summed E-state index contributed by atoms with van der Waals surface area (Å²) >= 11 is 0. The number of urea groups is 1. The summed E-state index contributed by atoms with van der Waals surface area (Å²) in [6.45, 7) is 0.607. The molecule has 1 aromatic heterocycles. The Morgan fingerprint density at radius 2 is 1.69 bits per heavy atom. The zero-order chi connectivity index (χ0) is 21.6. The van der Waals surface area contributed by atoms with Crippen molar-refractivity contribution >= 4 is 58.1 Å². The zero-order valence-electron chi connectivity index (χ0n) is 17.8. The maximum Gasteiger partial charge on any atom is 0.323 e. The number of benzene rings is 3. The van der Waals surface area contributed by atoms with E-state index in [9.17, 15) is 4.79 Å². The van der Waals surface area contributed by atoms with E-state index in [-0.39, 0.29) is 30.0 Å². The summed E-state index contributed by atoms with van der Waals surface area (Å²) in [6, 6.07) is 25.1. The van der Waals surface area contributed by atoms with Crippen LogP contribution in [0, 0.1) is 0 Å². The van der Waals surface area contributed by atoms with Gasteiger partial charge in [-0.2, -0.15) is 0 Å². The lowest BCUT2D eigenvalue weighted by Crippen LogP contribution is -2.20. The number of carbonyl (C=O) groups is 1. The van der Waals surface area contributed by atoms with E-state index in [2.05, 4.69) is 27.8 Å². The summed E-state index contributed by atoms with van der Waals surface area (Å²) in [5.74, 6) is 0.453. The van der Waals surface area contributed by atoms with E-state index in [0.29, 0.717) is 18.1 Å². The maximum absolute atomic E-state index is 12.4. The number of amidine groups is 1. The third kappa shape index (κ3) is 5.88. The van der Waals surface area contributed by atoms with Crippen molar-refractivity contribution in [3.05, 3.63) is 96.2 Å². The highest BCUT2D eigenvalue weighted by atomic mass is 127. The summed E-state index contributed by atoms with van der Waals surface area (Å²) in [6.07, 6.45) is 2.82. The van der Waals surface area contributed by atoms with E-state index in [0.717, 1.165) is 28.6 Å². The predicted octanol–water partition coefficient (Wildman–Crippen LogP) is 5.39. The highest BCUT2D eigenvalue weighted by Gasteiger charge is 2.06. The minimum absolute atomic E-state index is 0. The van der Waals surface area contributed by atoms with Gasteiger partial charge in [0, 0.05) is 47.6 Å². The molecule has 0 aliphatic rings. The van der Waals surface area contributed by atoms with Crippen LogP contribution >= 0.6 is 24.0 Å². The second kappa shape index (κ2) is 10.8. The number of carbonyl (C=O) groups excluding carboxylic acids is 1. The third-order valence-electron chi connectivity index (χ3n) is 5.08. The van der Waals surface area contributed by atoms with Crippen molar-refractivity contribution in [1.82, 2.24) is 4.57 Å². The summed E-state index contributed by atoms with van der Waals surface area (Å²) in [5.41, 5.74) is 10.6. The number of aliphatic imine (C=N–C) groups is 1. The van der Waals surface area contributed by atoms with E-state index in [1.165, 1.54) is 5.56 Å². The SMILES string of the molecule is Cn1ccc2cc(NC(=O)Nc3cccc(C(N)=NCCc4ccccc4)c3)ccc21.I. The fourth-order valence-corrected chi connectivity index (χ4v) is 3.45. The number of anilines is 2. The molecule has 4 N–H and O–H groups in total. The van der Waals surface area contributed by atoms with Crippen molar-refractivity contribution in [3.8, 4) is 0 Å². The smallest absolute Gasteiger partial charge is 0.323 e. The molecule has 1 heterocycles. The second-order valence-corrected chi connectivity index (χ2v) is 7.36. The Hall–Kier alpha value is -3.33. The average molecular weight is 539 g/mol. The van der Waals surface area contributed by atoms with Crippen molar-refractivity contribution < 1.29 is 4.79 Å². The van der Waals surface area contributed by atoms with Gasteiger partial charge in [-0.15, -0.1) is 24.0 Å². The first kappa shape index (κ1) is 23.3. The normalized spacial score (nSPS) is 11.1. The fraction of sp³-hybridized carbons (Fsp3) is 0.120. The minimum Gasteiger partial charge on any atom is -0.384 e. The number of nitrogens with two attached hydrogens (primary N) is 1. The van der Waals surface area contributed by atoms with Crippen LogP contribution in [0.5, 0.6) is 0 Å². The molecular formula is C25H26IN5O. The van der Waals surface area contributed by atoms with Gasteiger partial charge in [-0.1, -0.05) is 42.5 Å². The van der Waals surface area contributed by atoms with Gasteiger partial charge in [0.05, 0.1) is 0 Å². The van der Waals surface area contributed by atoms with Crippen LogP contribution in [0.25, 0.3) is 10.9 Å². The van der Waals surface area contributed by atoms with E-state index in [1.807, 2.05) is 84.5 Å². The highest BCUT2D eigenvalue weighted by Crippen LogP contribution is 2.20. The molecule has 0 saturated heterocycles. The molecule has 0 atom stereocenters. The lowest BCUT2D eigenvalue weighted by Gasteiger charge is -2.10. The number of hydrogen-bond acceptors (Lipinski definition) is 2. The molecule has 4 aromatic rings. The van der Waals surface area contributed by atoms with Crippen molar-refractivity contribution in [2.75, 3.05) is 17.2 Å². The van der Waals surface area contributed by atoms with Gasteiger partial charge in [0.2, 0.25) is 0 Å². The minimum atomic E-state index is -0.313. The van der Waals surface area contributed by atoms with E-state index >= 15 is 0 Å². The Bertz CT molecular complexity index is 1230. The summed E-state index contributed by atoms with van der Waals surface area (Å²) in [7, 11) is 1.99. The molecule has 2 amide bonds. The van der Waals surface area contributed by atoms with Crippen LogP contribution in [-0.4, -0.2) is 23.0 Å². The molecule has 0 saturated carbocycles. The van der Waals surface area contributed by atoms with Crippen LogP contribution in [0.15, 0.2) is 90.1 Å². The molecule has 6 nitrogen and oxygen atoms in total. The van der Waals surface area contributed by atoms with Crippen LogP contribution in [0.1, 0.15) is 11.1 Å². The second-order valence-electron chi connectivity index (χ2n) is 7.36. The van der Waals surface area contributed by atoms with Gasteiger partial charge in [0.15, 0.2) is 0 Å². The van der Waals surface area contributed by atoms with Gasteiger partial charge in [0.1, 0.15) is 5.84 Å². The maximum atomic E-state index is 12.4. The number of rotatable bonds is 6. The molecule has 4 rings (SSSR count). The van der Waals surface area contributed by atoms with Crippen molar-refractivity contribution in [3.63, 3.8) is 0 Å². The number of nitrogens with zero attached hydrogens (tertiary/aromatic N) is 2. The number of nitrogens with one attached hydrogen (secondary N) is 2. The monoisotopic (exact) mass is 539 g/mol. The molecular weight excluding hydrogens is 513 g/mol. The molecule has 7 heteroatoms. The Balaban J connectivity index is 0.00000289. The van der Waals surface area contributed by atoms with Crippen molar-refractivity contribution in [2.45, 2.75) is 6.42 Å². The third-order valence-corrected chi connectivity index (χ3v) is 5.08. The van der Waals surface area contributed by atoms with Crippen LogP contribution in [0.2, 0.25) is 0 Å². The number of halogens is 1. The molecule has 0 unspecified atom stereocenters. The summed E-state index contributed by atoms with van der Waals surface area (Å²) in [5, 5.41) is 6.80. The van der Waals surface area contributed by atoms with E-state index in [1.54, 1.807) is 0 Å². The molecule has 164 valence electrons. The van der Waals surface area contributed by atoms with Gasteiger partial charge in [0.25, 0.3) is 0 Å². The van der Waals surface area contributed by atoms with Crippen LogP contribution in [0.3, 0.4) is 0 Å². The summed E-state index contributed by atoms with van der Waals surface area (Å²) in [4.78, 5) is 16.9. The Labute approximate surface area is 204 Å². The fourth-order valence-electron chi connectivity index (χ4n) is 3.45. The van der Waals surface area contributed by atoms with Gasteiger partial charge in [-0.3, -0.25) is 4.99 Å². The molecule has 0 aliphatic heterocycles. The van der Waals surface area contributed by atoms with Crippen LogP contribution in [0.4, 0.5) is 16.2 Å². The van der Waals surface area contributed by atoms with E-state index < -0.39 is 0 Å². The average Bonchev–Trinajstić information content (AvgIpc) is 3.14. The standard InChI is InChI=1S/C25H25N5O.HI/c1-30-15-13-19-16-22(10-11-23(19)30)29-25(31)28-21-9-5-8-20(17-21)24(26)27-14-12-18-6-3-2-4-7-18;/h2-11,13,15-17H,12,14H2,1H3,(H2,26,27)(H2,28,29,31);1H. The molecule has 3 aromatic carbocycles. The van der Waals surface area contributed by atoms with Crippen molar-refractivity contribution in [2.24, 2.45) is 17.8 Å². The highest BCUT2D eigenvalue weighted by molar-refractivity contribution is 14.0. The first-order valence-electron chi connectivity index (χ1n) is 10.2. The first-order chi connectivity index (χ1) is 15.1. The molecule has 0 aliphatic carbocycles. The topological polar surface area (TPSA) is 84.4 Å². The van der Waals surface area contributed by atoms with Crippen LogP contribution in [-0.2, 0) is 13.5 Å². The van der Waals surface area contributed by atoms with Gasteiger partial charge >= 0.3 is 6.03 Å². The molecule has 0 spiro atoms. The molecule has 0 fully saturated rings. The van der Waals surface area contributed by atoms with Crippen molar-refractivity contribution in [1.29, 1.82) is 0 Å². The largest absolute Gasteiger partial charge is 0.384 e. The van der Waals surface area contributed by atoms with Crippen LogP contribution < -0.4 is 16.4 Å². The van der Waals surface area contributed by atoms with Gasteiger partial charge < -0.3 is 20.9 Å². The quantitative estimate of drug-likeness (QED) is 0.175. The number of fused-ring (bicyclic) bond motifs is 1. The number of aryl methyl sites for hydroxylation is 1. The number of aromatic nitrogens is 1. The Morgan fingerprint density at radius 3 is 2.47 bits per heavy atom. The molecule has 0 bridgehead atoms. The zero-order valence-corrected chi connectivity index (χ0v) is 20.1. The van der Waals surface area contributed by atoms with Gasteiger partial charge in [-0.25, -0.2) is 4.79 Å². The lowest BCUT2D eigenvalue weighted by molar-refractivity contribution is 0.262. The van der Waals surface area contributed by atoms with E-state index in [4.69, 9.17) is 5.73 Å². The molecule has 32 heavy (non-hydrogen) atoms. The molecule has 0 radical (unpaired) electrons. The summed E-state index contributed by atoms with van der Waals surface area (Å²) < 4.78 is 2.04. The number of hydrogen-bond donors (Lipinski definition) is 3. The Kier molecular flexibility index (Phi) is 7.88.